The van der Waals surface area contributed by atoms with Gasteiger partial charge in [0.25, 0.3) is 5.91 Å². The summed E-state index contributed by atoms with van der Waals surface area (Å²) in [5, 5.41) is 9.38. The monoisotopic (exact) mass is 293 g/mol. The second-order valence-corrected chi connectivity index (χ2v) is 5.26. The molecule has 1 aliphatic heterocycles. The molecular weight excluding hydrogens is 270 g/mol. The number of methoxy groups -OCH3 is 1. The van der Waals surface area contributed by atoms with E-state index in [2.05, 4.69) is 6.92 Å². The number of anilines is 1. The number of carbonyl (C=O) groups excluding carboxylic acids is 1. The van der Waals surface area contributed by atoms with Crippen LogP contribution in [0.4, 0.5) is 5.69 Å². The van der Waals surface area contributed by atoms with Crippen molar-refractivity contribution in [3.05, 3.63) is 17.7 Å². The van der Waals surface area contributed by atoms with Crippen LogP contribution in [0.3, 0.4) is 0 Å². The summed E-state index contributed by atoms with van der Waals surface area (Å²) in [4.78, 5) is 14.1. The number of amides is 1. The van der Waals surface area contributed by atoms with Crippen LogP contribution in [0.1, 0.15) is 38.7 Å². The van der Waals surface area contributed by atoms with Crippen LogP contribution in [0.25, 0.3) is 0 Å². The van der Waals surface area contributed by atoms with E-state index >= 15 is 0 Å². The third-order valence-electron chi connectivity index (χ3n) is 3.68. The lowest BCUT2D eigenvalue weighted by atomic mass is 10.1. The molecule has 1 amide bonds. The third kappa shape index (κ3) is 3.13. The first-order valence-electron chi connectivity index (χ1n) is 7.42. The Morgan fingerprint density at radius 3 is 2.76 bits per heavy atom. The molecule has 0 bridgehead atoms. The predicted molar refractivity (Wildman–Crippen MR) is 80.9 cm³/mol. The molecule has 0 fully saturated rings. The van der Waals surface area contributed by atoms with E-state index in [-0.39, 0.29) is 12.5 Å². The summed E-state index contributed by atoms with van der Waals surface area (Å²) < 4.78 is 11.0. The molecule has 0 radical (unpaired) electrons. The molecule has 0 aromatic heterocycles. The molecule has 116 valence electrons. The van der Waals surface area contributed by atoms with E-state index in [0.29, 0.717) is 29.3 Å². The van der Waals surface area contributed by atoms with Gasteiger partial charge in [-0.3, -0.25) is 4.79 Å². The molecule has 5 nitrogen and oxygen atoms in total. The Balaban J connectivity index is 2.41. The maximum Gasteiger partial charge on any atom is 0.267 e. The van der Waals surface area contributed by atoms with Crippen molar-refractivity contribution < 1.29 is 19.4 Å². The fourth-order valence-corrected chi connectivity index (χ4v) is 2.52. The first kappa shape index (κ1) is 15.6. The first-order chi connectivity index (χ1) is 10.1. The molecule has 1 N–H and O–H groups in total. The van der Waals surface area contributed by atoms with Crippen molar-refractivity contribution in [1.29, 1.82) is 0 Å². The zero-order valence-electron chi connectivity index (χ0n) is 12.9. The highest BCUT2D eigenvalue weighted by atomic mass is 16.5. The number of ether oxygens (including phenoxy) is 2. The molecule has 1 aliphatic rings. The van der Waals surface area contributed by atoms with Gasteiger partial charge in [-0.2, -0.15) is 0 Å². The molecule has 0 saturated carbocycles. The van der Waals surface area contributed by atoms with Crippen LogP contribution < -0.4 is 14.4 Å². The molecule has 21 heavy (non-hydrogen) atoms. The number of benzene rings is 1. The van der Waals surface area contributed by atoms with E-state index in [1.807, 2.05) is 0 Å². The molecule has 1 atom stereocenters. The van der Waals surface area contributed by atoms with Gasteiger partial charge in [0.1, 0.15) is 0 Å². The number of aliphatic hydroxyl groups excluding tert-OH is 1. The highest BCUT2D eigenvalue weighted by molar-refractivity contribution is 6.00. The van der Waals surface area contributed by atoms with Crippen LogP contribution in [0.15, 0.2) is 12.1 Å². The summed E-state index contributed by atoms with van der Waals surface area (Å²) >= 11 is 0. The van der Waals surface area contributed by atoms with Gasteiger partial charge in [0.05, 0.1) is 19.4 Å². The van der Waals surface area contributed by atoms with Crippen LogP contribution in [-0.2, 0) is 11.4 Å². The third-order valence-corrected chi connectivity index (χ3v) is 3.68. The Bertz CT molecular complexity index is 515. The molecule has 1 aromatic rings. The fraction of sp³-hybridized carbons (Fsp3) is 0.562. The Labute approximate surface area is 125 Å². The van der Waals surface area contributed by atoms with E-state index in [1.54, 1.807) is 31.1 Å². The van der Waals surface area contributed by atoms with Crippen LogP contribution in [0.2, 0.25) is 0 Å². The molecule has 2 rings (SSSR count). The molecule has 1 aromatic carbocycles. The largest absolute Gasteiger partial charge is 0.493 e. The van der Waals surface area contributed by atoms with Gasteiger partial charge in [-0.25, -0.2) is 0 Å². The number of nitrogens with zero attached hydrogens (tertiary/aromatic N) is 1. The summed E-state index contributed by atoms with van der Waals surface area (Å²) in [5.74, 6) is 1.09. The molecule has 0 saturated heterocycles. The minimum absolute atomic E-state index is 0.0456. The maximum atomic E-state index is 12.4. The Morgan fingerprint density at radius 2 is 2.14 bits per heavy atom. The van der Waals surface area contributed by atoms with Crippen molar-refractivity contribution in [3.8, 4) is 11.5 Å². The normalized spacial score (nSPS) is 17.4. The van der Waals surface area contributed by atoms with Gasteiger partial charge in [0.2, 0.25) is 0 Å². The topological polar surface area (TPSA) is 59.0 Å². The van der Waals surface area contributed by atoms with Gasteiger partial charge in [-0.05, 0) is 31.0 Å². The number of hydrogen-bond acceptors (Lipinski definition) is 4. The number of unbranched alkanes of at least 4 members (excludes halogenated alkanes) is 2. The van der Waals surface area contributed by atoms with Crippen LogP contribution >= 0.6 is 0 Å². The maximum absolute atomic E-state index is 12.4. The Kier molecular flexibility index (Phi) is 5.07. The van der Waals surface area contributed by atoms with E-state index in [1.165, 1.54) is 0 Å². The summed E-state index contributed by atoms with van der Waals surface area (Å²) in [6.07, 6.45) is 2.60. The van der Waals surface area contributed by atoms with Crippen LogP contribution in [0, 0.1) is 0 Å². The number of carbonyl (C=O) groups is 1. The molecule has 0 aliphatic carbocycles. The Hall–Kier alpha value is -1.75. The zero-order valence-corrected chi connectivity index (χ0v) is 12.9. The summed E-state index contributed by atoms with van der Waals surface area (Å²) in [6.45, 7) is 4.43. The lowest BCUT2D eigenvalue weighted by molar-refractivity contribution is -0.125. The average molecular weight is 293 g/mol. The predicted octanol–water partition coefficient (Wildman–Crippen LogP) is 2.49. The van der Waals surface area contributed by atoms with E-state index < -0.39 is 6.10 Å². The van der Waals surface area contributed by atoms with Crippen molar-refractivity contribution in [2.24, 2.45) is 0 Å². The quantitative estimate of drug-likeness (QED) is 0.819. The van der Waals surface area contributed by atoms with Crippen molar-refractivity contribution in [3.63, 3.8) is 0 Å². The Morgan fingerprint density at radius 1 is 1.38 bits per heavy atom. The minimum Gasteiger partial charge on any atom is -0.493 e. The smallest absolute Gasteiger partial charge is 0.267 e. The number of hydrogen-bond donors (Lipinski definition) is 1. The lowest BCUT2D eigenvalue weighted by Gasteiger charge is -2.34. The van der Waals surface area contributed by atoms with Crippen molar-refractivity contribution in [2.45, 2.75) is 45.8 Å². The molecule has 5 heteroatoms. The van der Waals surface area contributed by atoms with Gasteiger partial charge >= 0.3 is 0 Å². The summed E-state index contributed by atoms with van der Waals surface area (Å²) in [6, 6.07) is 3.54. The van der Waals surface area contributed by atoms with Crippen LogP contribution in [0.5, 0.6) is 11.5 Å². The molecule has 1 heterocycles. The van der Waals surface area contributed by atoms with Gasteiger partial charge in [-0.15, -0.1) is 0 Å². The second kappa shape index (κ2) is 6.80. The van der Waals surface area contributed by atoms with E-state index in [4.69, 9.17) is 9.47 Å². The standard InChI is InChI=1S/C16H23NO4/c1-4-5-6-7-17-13-8-12(10-18)9-14(20-3)15(13)21-11(2)16(17)19/h8-9,11,18H,4-7,10H2,1-3H3. The van der Waals surface area contributed by atoms with E-state index in [9.17, 15) is 9.90 Å². The van der Waals surface area contributed by atoms with Gasteiger partial charge < -0.3 is 19.5 Å². The van der Waals surface area contributed by atoms with Gasteiger partial charge in [0.15, 0.2) is 17.6 Å². The fourth-order valence-electron chi connectivity index (χ4n) is 2.52. The van der Waals surface area contributed by atoms with Crippen molar-refractivity contribution in [1.82, 2.24) is 0 Å². The molecular formula is C16H23NO4. The van der Waals surface area contributed by atoms with Gasteiger partial charge in [-0.1, -0.05) is 19.8 Å². The van der Waals surface area contributed by atoms with Crippen molar-refractivity contribution >= 4 is 11.6 Å². The number of aliphatic hydroxyl groups is 1. The summed E-state index contributed by atoms with van der Waals surface area (Å²) in [7, 11) is 1.56. The zero-order chi connectivity index (χ0) is 15.4. The average Bonchev–Trinajstić information content (AvgIpc) is 2.50. The highest BCUT2D eigenvalue weighted by Gasteiger charge is 2.33. The highest BCUT2D eigenvalue weighted by Crippen LogP contribution is 2.43. The number of fused-ring (bicyclic) bond motifs is 1. The first-order valence-corrected chi connectivity index (χ1v) is 7.42. The molecule has 0 spiro atoms. The summed E-state index contributed by atoms with van der Waals surface area (Å²) in [5.41, 5.74) is 1.40. The van der Waals surface area contributed by atoms with E-state index in [0.717, 1.165) is 19.3 Å². The van der Waals surface area contributed by atoms with Crippen molar-refractivity contribution in [2.75, 3.05) is 18.6 Å². The minimum atomic E-state index is -0.520. The second-order valence-electron chi connectivity index (χ2n) is 5.26. The number of rotatable bonds is 6. The van der Waals surface area contributed by atoms with Gasteiger partial charge in [0, 0.05) is 6.54 Å². The molecule has 1 unspecified atom stereocenters. The lowest BCUT2D eigenvalue weighted by Crippen LogP contribution is -2.45. The SMILES string of the molecule is CCCCCN1C(=O)C(C)Oc2c(OC)cc(CO)cc21. The van der Waals surface area contributed by atoms with Crippen LogP contribution in [-0.4, -0.2) is 30.8 Å².